The van der Waals surface area contributed by atoms with Crippen LogP contribution in [0, 0.1) is 0 Å². The topological polar surface area (TPSA) is 30.8 Å². The Morgan fingerprint density at radius 1 is 1.26 bits per heavy atom. The van der Waals surface area contributed by atoms with Crippen LogP contribution in [0.15, 0.2) is 23.2 Å². The summed E-state index contributed by atoms with van der Waals surface area (Å²) in [5.41, 5.74) is -1.36. The Balaban J connectivity index is 2.70. The number of benzene rings is 1. The molecule has 1 unspecified atom stereocenters. The Morgan fingerprint density at radius 2 is 1.95 bits per heavy atom. The van der Waals surface area contributed by atoms with Gasteiger partial charge in [0.1, 0.15) is 5.75 Å². The average molecular weight is 273 g/mol. The van der Waals surface area contributed by atoms with Crippen molar-refractivity contribution in [2.75, 3.05) is 20.8 Å². The van der Waals surface area contributed by atoms with Gasteiger partial charge in [0.2, 0.25) is 5.60 Å². The number of methoxy groups -OCH3 is 2. The predicted octanol–water partition coefficient (Wildman–Crippen LogP) is 2.92. The van der Waals surface area contributed by atoms with Crippen LogP contribution in [-0.2, 0) is 10.3 Å². The molecule has 1 atom stereocenters. The van der Waals surface area contributed by atoms with Crippen LogP contribution in [0.5, 0.6) is 5.75 Å². The molecule has 1 aromatic rings. The Labute approximate surface area is 109 Å². The van der Waals surface area contributed by atoms with E-state index in [0.717, 1.165) is 7.11 Å². The van der Waals surface area contributed by atoms with Gasteiger partial charge >= 0.3 is 6.18 Å². The SMILES string of the molecule is COc1ccc2c(c1)C(OC)(C(F)(F)F)CN=C2C. The lowest BCUT2D eigenvalue weighted by atomic mass is 9.84. The fourth-order valence-electron chi connectivity index (χ4n) is 2.23. The quantitative estimate of drug-likeness (QED) is 0.829. The molecule has 19 heavy (non-hydrogen) atoms. The van der Waals surface area contributed by atoms with Crippen molar-refractivity contribution in [3.05, 3.63) is 29.3 Å². The molecule has 6 heteroatoms. The summed E-state index contributed by atoms with van der Waals surface area (Å²) < 4.78 is 50.0. The van der Waals surface area contributed by atoms with E-state index in [1.54, 1.807) is 19.1 Å². The van der Waals surface area contributed by atoms with E-state index in [4.69, 9.17) is 9.47 Å². The molecule has 0 fully saturated rings. The molecule has 0 aliphatic carbocycles. The highest BCUT2D eigenvalue weighted by Crippen LogP contribution is 2.46. The highest BCUT2D eigenvalue weighted by molar-refractivity contribution is 6.01. The van der Waals surface area contributed by atoms with Crippen LogP contribution in [0.4, 0.5) is 13.2 Å². The molecule has 3 nitrogen and oxygen atoms in total. The van der Waals surface area contributed by atoms with Gasteiger partial charge < -0.3 is 9.47 Å². The number of hydrogen-bond donors (Lipinski definition) is 0. The molecule has 0 radical (unpaired) electrons. The maximum absolute atomic E-state index is 13.4. The minimum absolute atomic E-state index is 0.0503. The first-order chi connectivity index (χ1) is 8.85. The second-order valence-electron chi connectivity index (χ2n) is 4.34. The summed E-state index contributed by atoms with van der Waals surface area (Å²) in [6, 6.07) is 4.55. The van der Waals surface area contributed by atoms with Gasteiger partial charge in [0.25, 0.3) is 0 Å². The molecule has 104 valence electrons. The zero-order chi connectivity index (χ0) is 14.3. The molecule has 2 rings (SSSR count). The summed E-state index contributed by atoms with van der Waals surface area (Å²) >= 11 is 0. The van der Waals surface area contributed by atoms with E-state index >= 15 is 0 Å². The number of rotatable bonds is 2. The van der Waals surface area contributed by atoms with Gasteiger partial charge in [-0.05, 0) is 25.1 Å². The van der Waals surface area contributed by atoms with Gasteiger partial charge in [0, 0.05) is 23.9 Å². The number of aliphatic imine (C=N–C) groups is 1. The van der Waals surface area contributed by atoms with Crippen LogP contribution < -0.4 is 4.74 Å². The van der Waals surface area contributed by atoms with Crippen molar-refractivity contribution in [3.63, 3.8) is 0 Å². The maximum Gasteiger partial charge on any atom is 0.423 e. The highest BCUT2D eigenvalue weighted by Gasteiger charge is 2.59. The van der Waals surface area contributed by atoms with Crippen LogP contribution in [0.3, 0.4) is 0 Å². The van der Waals surface area contributed by atoms with Crippen LogP contribution in [-0.4, -0.2) is 32.7 Å². The Kier molecular flexibility index (Phi) is 3.30. The molecular formula is C13H14F3NO2. The fraction of sp³-hybridized carbons (Fsp3) is 0.462. The number of ether oxygens (including phenoxy) is 2. The lowest BCUT2D eigenvalue weighted by Gasteiger charge is -2.37. The second-order valence-corrected chi connectivity index (χ2v) is 4.34. The Morgan fingerprint density at radius 3 is 2.47 bits per heavy atom. The first kappa shape index (κ1) is 13.9. The number of halogens is 3. The number of alkyl halides is 3. The number of nitrogens with zero attached hydrogens (tertiary/aromatic N) is 1. The van der Waals surface area contributed by atoms with Gasteiger partial charge in [-0.1, -0.05) is 0 Å². The minimum atomic E-state index is -4.55. The molecular weight excluding hydrogens is 259 g/mol. The summed E-state index contributed by atoms with van der Waals surface area (Å²) in [7, 11) is 2.46. The molecule has 0 saturated heterocycles. The standard InChI is InChI=1S/C13H14F3NO2/c1-8-10-5-4-9(18-2)6-11(10)12(19-3,7-17-8)13(14,15)16/h4-6H,7H2,1-3H3. The Bertz CT molecular complexity index is 525. The minimum Gasteiger partial charge on any atom is -0.497 e. The van der Waals surface area contributed by atoms with E-state index in [1.165, 1.54) is 13.2 Å². The van der Waals surface area contributed by atoms with Crippen molar-refractivity contribution < 1.29 is 22.6 Å². The van der Waals surface area contributed by atoms with E-state index in [-0.39, 0.29) is 5.56 Å². The van der Waals surface area contributed by atoms with Gasteiger partial charge in [0.15, 0.2) is 0 Å². The predicted molar refractivity (Wildman–Crippen MR) is 64.8 cm³/mol. The fourth-order valence-corrected chi connectivity index (χ4v) is 2.23. The van der Waals surface area contributed by atoms with Crippen molar-refractivity contribution >= 4 is 5.71 Å². The van der Waals surface area contributed by atoms with Crippen molar-refractivity contribution in [2.45, 2.75) is 18.7 Å². The zero-order valence-corrected chi connectivity index (χ0v) is 10.8. The van der Waals surface area contributed by atoms with Crippen LogP contribution >= 0.6 is 0 Å². The van der Waals surface area contributed by atoms with Gasteiger partial charge in [0.05, 0.1) is 13.7 Å². The highest BCUT2D eigenvalue weighted by atomic mass is 19.4. The van der Waals surface area contributed by atoms with Crippen molar-refractivity contribution in [1.29, 1.82) is 0 Å². The largest absolute Gasteiger partial charge is 0.497 e. The molecule has 1 aromatic carbocycles. The van der Waals surface area contributed by atoms with Gasteiger partial charge in [-0.15, -0.1) is 0 Å². The third kappa shape index (κ3) is 2.00. The molecule has 0 N–H and O–H groups in total. The monoisotopic (exact) mass is 273 g/mol. The normalized spacial score (nSPS) is 22.7. The molecule has 0 aromatic heterocycles. The van der Waals surface area contributed by atoms with Crippen molar-refractivity contribution in [3.8, 4) is 5.75 Å². The third-order valence-electron chi connectivity index (χ3n) is 3.40. The smallest absolute Gasteiger partial charge is 0.423 e. The van der Waals surface area contributed by atoms with Crippen molar-refractivity contribution in [2.24, 2.45) is 4.99 Å². The van der Waals surface area contributed by atoms with Crippen LogP contribution in [0.2, 0.25) is 0 Å². The molecule has 0 amide bonds. The third-order valence-corrected chi connectivity index (χ3v) is 3.40. The van der Waals surface area contributed by atoms with Crippen LogP contribution in [0.25, 0.3) is 0 Å². The summed E-state index contributed by atoms with van der Waals surface area (Å²) in [5.74, 6) is 0.360. The molecule has 1 aliphatic heterocycles. The second kappa shape index (κ2) is 4.52. The summed E-state index contributed by atoms with van der Waals surface area (Å²) in [6.07, 6.45) is -4.55. The summed E-state index contributed by atoms with van der Waals surface area (Å²) in [5, 5.41) is 0. The molecule has 0 spiro atoms. The molecule has 0 saturated carbocycles. The summed E-state index contributed by atoms with van der Waals surface area (Å²) in [4.78, 5) is 3.95. The number of fused-ring (bicyclic) bond motifs is 1. The number of hydrogen-bond acceptors (Lipinski definition) is 3. The first-order valence-corrected chi connectivity index (χ1v) is 5.67. The molecule has 1 aliphatic rings. The van der Waals surface area contributed by atoms with E-state index < -0.39 is 18.3 Å². The van der Waals surface area contributed by atoms with E-state index in [9.17, 15) is 13.2 Å². The first-order valence-electron chi connectivity index (χ1n) is 5.67. The van der Waals surface area contributed by atoms with Gasteiger partial charge in [-0.2, -0.15) is 13.2 Å². The summed E-state index contributed by atoms with van der Waals surface area (Å²) in [6.45, 7) is 1.21. The molecule has 0 bridgehead atoms. The van der Waals surface area contributed by atoms with E-state index in [2.05, 4.69) is 4.99 Å². The Hall–Kier alpha value is -1.56. The maximum atomic E-state index is 13.4. The van der Waals surface area contributed by atoms with Gasteiger partial charge in [-0.3, -0.25) is 4.99 Å². The van der Waals surface area contributed by atoms with Gasteiger partial charge in [-0.25, -0.2) is 0 Å². The lowest BCUT2D eigenvalue weighted by molar-refractivity contribution is -0.272. The van der Waals surface area contributed by atoms with E-state index in [1.807, 2.05) is 0 Å². The average Bonchev–Trinajstić information content (AvgIpc) is 2.37. The lowest BCUT2D eigenvalue weighted by Crippen LogP contribution is -2.49. The molecule has 1 heterocycles. The zero-order valence-electron chi connectivity index (χ0n) is 10.8. The van der Waals surface area contributed by atoms with E-state index in [0.29, 0.717) is 17.0 Å². The van der Waals surface area contributed by atoms with Crippen molar-refractivity contribution in [1.82, 2.24) is 0 Å². The van der Waals surface area contributed by atoms with Crippen LogP contribution in [0.1, 0.15) is 18.1 Å².